The predicted octanol–water partition coefficient (Wildman–Crippen LogP) is 12.2. The number of phenols is 1. The molecule has 0 aliphatic rings. The van der Waals surface area contributed by atoms with Crippen molar-refractivity contribution in [1.29, 1.82) is 0 Å². The Morgan fingerprint density at radius 2 is 0.810 bits per heavy atom. The molecule has 3 aromatic carbocycles. The van der Waals surface area contributed by atoms with Gasteiger partial charge in [0.15, 0.2) is 0 Å². The summed E-state index contributed by atoms with van der Waals surface area (Å²) in [6.07, 6.45) is 0. The summed E-state index contributed by atoms with van der Waals surface area (Å²) in [6, 6.07) is 15.9. The van der Waals surface area contributed by atoms with E-state index in [-0.39, 0.29) is 19.8 Å². The van der Waals surface area contributed by atoms with Crippen LogP contribution in [0.5, 0.6) is 5.75 Å². The molecule has 234 valence electrons. The Labute approximate surface area is 272 Å². The molecule has 0 fully saturated rings. The zero-order chi connectivity index (χ0) is 30.5. The first-order valence-corrected chi connectivity index (χ1v) is 18.2. The number of aromatic hydroxyl groups is 1. The van der Waals surface area contributed by atoms with Crippen LogP contribution in [0.3, 0.4) is 0 Å². The predicted molar refractivity (Wildman–Crippen MR) is 185 cm³/mol. The molecule has 0 radical (unpaired) electrons. The average Bonchev–Trinajstić information content (AvgIpc) is 2.87. The van der Waals surface area contributed by atoms with Crippen LogP contribution in [0.1, 0.15) is 152 Å². The zero-order valence-corrected chi connectivity index (χ0v) is 32.1. The molecule has 3 rings (SSSR count). The van der Waals surface area contributed by atoms with Crippen LogP contribution in [-0.2, 0) is 21.5 Å². The fourth-order valence-electron chi connectivity index (χ4n) is 5.48. The van der Waals surface area contributed by atoms with Gasteiger partial charge in [0.05, 0.1) is 0 Å². The Kier molecular flexibility index (Phi) is 16.6. The fourth-order valence-corrected chi connectivity index (χ4v) is 5.48. The third kappa shape index (κ3) is 9.06. The van der Waals surface area contributed by atoms with Crippen molar-refractivity contribution in [2.75, 3.05) is 0 Å². The third-order valence-corrected chi connectivity index (χ3v) is 7.84. The van der Waals surface area contributed by atoms with Crippen molar-refractivity contribution >= 4 is 17.3 Å². The van der Waals surface area contributed by atoms with E-state index in [1.54, 1.807) is 0 Å². The summed E-state index contributed by atoms with van der Waals surface area (Å²) in [6.45, 7) is 27.2. The van der Waals surface area contributed by atoms with E-state index in [0.717, 1.165) is 11.1 Å². The van der Waals surface area contributed by atoms with Crippen molar-refractivity contribution < 1.29 is 26.6 Å². The zero-order valence-electron chi connectivity index (χ0n) is 28.4. The molecule has 42 heavy (non-hydrogen) atoms. The van der Waals surface area contributed by atoms with E-state index in [9.17, 15) is 5.11 Å². The number of hydrogen-bond acceptors (Lipinski definition) is 2. The molecule has 0 spiro atoms. The van der Waals surface area contributed by atoms with Crippen molar-refractivity contribution in [1.82, 2.24) is 0 Å². The summed E-state index contributed by atoms with van der Waals surface area (Å²) in [4.78, 5) is 3.10. The summed E-state index contributed by atoms with van der Waals surface area (Å²) in [7, 11) is 0. The monoisotopic (exact) mass is 763 g/mol. The van der Waals surface area contributed by atoms with Gasteiger partial charge in [0.2, 0.25) is 0 Å². The molecule has 0 aromatic heterocycles. The largest absolute Gasteiger partial charge is 0.358 e. The van der Waals surface area contributed by atoms with Crippen LogP contribution in [0, 0.1) is 7.43 Å². The van der Waals surface area contributed by atoms with Gasteiger partial charge in [-0.1, -0.05) is 126 Å². The molecule has 0 atom stereocenters. The number of para-hydroxylation sites is 1. The van der Waals surface area contributed by atoms with Gasteiger partial charge in [-0.15, -0.1) is 12.4 Å². The fraction of sp³-hybridized carbons (Fsp3) is 0.474. The van der Waals surface area contributed by atoms with E-state index in [4.69, 9.17) is 3.40 Å². The van der Waals surface area contributed by atoms with Gasteiger partial charge in [-0.3, -0.25) is 0 Å². The number of halogens is 1. The van der Waals surface area contributed by atoms with Gasteiger partial charge in [-0.25, -0.2) is 0 Å². The van der Waals surface area contributed by atoms with Crippen molar-refractivity contribution in [2.45, 2.75) is 119 Å². The Hall–Kier alpha value is -1.89. The first-order valence-electron chi connectivity index (χ1n) is 14.9. The molecule has 0 bridgehead atoms. The van der Waals surface area contributed by atoms with Crippen LogP contribution in [0.4, 0.5) is 0 Å². The van der Waals surface area contributed by atoms with Crippen LogP contribution >= 0.6 is 12.4 Å². The van der Waals surface area contributed by atoms with Crippen LogP contribution in [0.25, 0.3) is 22.3 Å². The number of hydrogen-bond donors (Lipinski definition) is 1. The third-order valence-electron chi connectivity index (χ3n) is 7.84. The Morgan fingerprint density at radius 3 is 1.00 bits per heavy atom. The van der Waals surface area contributed by atoms with Crippen molar-refractivity contribution in [2.24, 2.45) is 0 Å². The van der Waals surface area contributed by atoms with E-state index in [1.807, 2.05) is 0 Å². The van der Waals surface area contributed by atoms with Crippen LogP contribution in [0.15, 0.2) is 42.5 Å². The summed E-state index contributed by atoms with van der Waals surface area (Å²) in [5, 5.41) is 12.1. The molecule has 4 heteroatoms. The van der Waals surface area contributed by atoms with Gasteiger partial charge in [0.25, 0.3) is 0 Å². The second kappa shape index (κ2) is 17.4. The van der Waals surface area contributed by atoms with E-state index in [0.29, 0.717) is 41.3 Å². The maximum atomic E-state index is 12.1. The Bertz CT molecular complexity index is 1190. The van der Waals surface area contributed by atoms with Gasteiger partial charge >= 0.3 is 26.4 Å². The first kappa shape index (κ1) is 40.1. The standard InChI is InChI=1S/C36H50O.CH3.CH2.ClH.O.W/c1-20(2)26-16-30(22(5)6)34(31(17-26)23(7)8)28-14-13-15-29(36(28)37)35-32(24(9)10)18-27(21(3)4)19-33(35)25(11)12;;;;;/h13-25,37H,1-12H3;1H3;1H2;1H;;/q;-1;;;;. The molecule has 0 aliphatic heterocycles. The Balaban J connectivity index is 0.00000322. The quantitative estimate of drug-likeness (QED) is 0.232. The van der Waals surface area contributed by atoms with E-state index in [2.05, 4.69) is 130 Å². The minimum atomic E-state index is -1.25. The van der Waals surface area contributed by atoms with Crippen molar-refractivity contribution in [3.63, 3.8) is 0 Å². The summed E-state index contributed by atoms with van der Waals surface area (Å²) >= 11 is -1.25. The molecule has 0 saturated carbocycles. The average molecular weight is 764 g/mol. The molecule has 2 nitrogen and oxygen atoms in total. The normalized spacial score (nSPS) is 11.1. The maximum absolute atomic E-state index is 12.1. The second-order valence-corrected chi connectivity index (χ2v) is 13.7. The van der Waals surface area contributed by atoms with Gasteiger partial charge in [-0.05, 0) is 80.0 Å². The van der Waals surface area contributed by atoms with Crippen LogP contribution in [0.2, 0.25) is 0 Å². The number of phenolic OH excluding ortho intramolecular Hbond substituents is 1. The van der Waals surface area contributed by atoms with Crippen molar-refractivity contribution in [3.8, 4) is 28.0 Å². The second-order valence-electron chi connectivity index (χ2n) is 12.9. The summed E-state index contributed by atoms with van der Waals surface area (Å²) in [5.41, 5.74) is 12.4. The topological polar surface area (TPSA) is 37.3 Å². The summed E-state index contributed by atoms with van der Waals surface area (Å²) in [5.74, 6) is 2.77. The smallest absolute Gasteiger partial charge is 0.358 e. The molecular weight excluding hydrogens is 708 g/mol. The van der Waals surface area contributed by atoms with Crippen LogP contribution in [-0.4, -0.2) is 10.0 Å². The molecule has 3 aromatic rings. The van der Waals surface area contributed by atoms with E-state index in [1.165, 1.54) is 44.5 Å². The molecule has 1 N–H and O–H groups in total. The van der Waals surface area contributed by atoms with Gasteiger partial charge in [0.1, 0.15) is 5.75 Å². The number of rotatable bonds is 8. The SMILES string of the molecule is CC(C)c1cc(C(C)C)c(-c2cccc(-c3c(C(C)C)cc(C(C)C)cc3C(C)C)c2O)c(C(C)C)c1.Cl.[CH2]=[W]=[O].[CH3-]. The first-order chi connectivity index (χ1) is 18.7. The molecule has 0 aliphatic carbocycles. The summed E-state index contributed by atoms with van der Waals surface area (Å²) < 4.78 is 8.99. The molecular formula is C38H56ClO2W-. The maximum Gasteiger partial charge on any atom is -0.358 e. The molecule has 0 saturated heterocycles. The minimum Gasteiger partial charge on any atom is -0.358 e. The molecule has 0 unspecified atom stereocenters. The van der Waals surface area contributed by atoms with Crippen LogP contribution < -0.4 is 0 Å². The Morgan fingerprint density at radius 1 is 0.571 bits per heavy atom. The van der Waals surface area contributed by atoms with E-state index >= 15 is 0 Å². The minimum absolute atomic E-state index is 0. The van der Waals surface area contributed by atoms with Gasteiger partial charge in [-0.2, -0.15) is 0 Å². The van der Waals surface area contributed by atoms with E-state index < -0.39 is 18.1 Å². The molecule has 0 amide bonds. The van der Waals surface area contributed by atoms with Crippen molar-refractivity contribution in [3.05, 3.63) is 83.3 Å². The van der Waals surface area contributed by atoms with Gasteiger partial charge in [0, 0.05) is 11.1 Å². The number of benzene rings is 3. The van der Waals surface area contributed by atoms with Gasteiger partial charge < -0.3 is 12.5 Å². The molecule has 0 heterocycles.